The lowest BCUT2D eigenvalue weighted by atomic mass is 9.76. The van der Waals surface area contributed by atoms with Gasteiger partial charge in [-0.3, -0.25) is 4.79 Å². The van der Waals surface area contributed by atoms with Crippen LogP contribution in [0.15, 0.2) is 42.5 Å². The zero-order valence-corrected chi connectivity index (χ0v) is 21.9. The fourth-order valence-corrected chi connectivity index (χ4v) is 5.49. The molecule has 0 unspecified atom stereocenters. The number of hydrogen-bond donors (Lipinski definition) is 0. The van der Waals surface area contributed by atoms with Gasteiger partial charge in [-0.1, -0.05) is 95.5 Å². The number of unbranched alkanes of at least 4 members (excludes halogenated alkanes) is 6. The van der Waals surface area contributed by atoms with Crippen LogP contribution in [0.4, 0.5) is 0 Å². The molecule has 0 aromatic heterocycles. The molecule has 1 fully saturated rings. The molecule has 2 aromatic carbocycles. The minimum Gasteiger partial charge on any atom is -0.427 e. The lowest BCUT2D eigenvalue weighted by molar-refractivity contribution is -0.134. The van der Waals surface area contributed by atoms with Crippen LogP contribution in [0.3, 0.4) is 0 Å². The maximum Gasteiger partial charge on any atom is 0.311 e. The summed E-state index contributed by atoms with van der Waals surface area (Å²) in [7, 11) is 0. The number of carbonyl (C=O) groups is 1. The first-order valence-corrected chi connectivity index (χ1v) is 14.0. The van der Waals surface area contributed by atoms with Crippen LogP contribution in [0.5, 0.6) is 5.75 Å². The predicted octanol–water partition coefficient (Wildman–Crippen LogP) is 9.78. The molecule has 2 aromatic rings. The number of aryl methyl sites for hydroxylation is 1. The summed E-state index contributed by atoms with van der Waals surface area (Å²) in [6.07, 6.45) is 17.3. The quantitative estimate of drug-likeness (QED) is 0.168. The average molecular weight is 463 g/mol. The number of ether oxygens (including phenoxy) is 1. The van der Waals surface area contributed by atoms with E-state index in [0.29, 0.717) is 12.2 Å². The van der Waals surface area contributed by atoms with Gasteiger partial charge in [0.25, 0.3) is 0 Å². The van der Waals surface area contributed by atoms with Crippen molar-refractivity contribution < 1.29 is 9.53 Å². The Labute approximate surface area is 208 Å². The number of rotatable bonds is 13. The van der Waals surface area contributed by atoms with Gasteiger partial charge in [0.2, 0.25) is 0 Å². The fraction of sp³-hybridized carbons (Fsp3) is 0.594. The summed E-state index contributed by atoms with van der Waals surface area (Å²) in [6, 6.07) is 15.0. The molecule has 1 saturated carbocycles. The second-order valence-corrected chi connectivity index (χ2v) is 10.5. The van der Waals surface area contributed by atoms with Gasteiger partial charge in [0.15, 0.2) is 0 Å². The first kappa shape index (κ1) is 26.5. The molecular formula is C32H46O2. The largest absolute Gasteiger partial charge is 0.427 e. The van der Waals surface area contributed by atoms with E-state index in [1.165, 1.54) is 92.9 Å². The molecule has 0 spiro atoms. The molecule has 1 aliphatic carbocycles. The Hall–Kier alpha value is -2.09. The van der Waals surface area contributed by atoms with E-state index in [2.05, 4.69) is 51.1 Å². The van der Waals surface area contributed by atoms with Crippen LogP contribution in [0.1, 0.15) is 121 Å². The van der Waals surface area contributed by atoms with E-state index < -0.39 is 0 Å². The summed E-state index contributed by atoms with van der Waals surface area (Å²) in [5.74, 6) is 2.20. The lowest BCUT2D eigenvalue weighted by Gasteiger charge is -2.29. The monoisotopic (exact) mass is 462 g/mol. The number of hydrogen-bond acceptors (Lipinski definition) is 2. The van der Waals surface area contributed by atoms with E-state index in [4.69, 9.17) is 4.74 Å². The van der Waals surface area contributed by atoms with Crippen LogP contribution >= 0.6 is 0 Å². The summed E-state index contributed by atoms with van der Waals surface area (Å²) in [4.78, 5) is 12.1. The third-order valence-electron chi connectivity index (χ3n) is 7.67. The highest BCUT2D eigenvalue weighted by Gasteiger charge is 2.22. The van der Waals surface area contributed by atoms with Crippen molar-refractivity contribution in [1.82, 2.24) is 0 Å². The van der Waals surface area contributed by atoms with Crippen molar-refractivity contribution in [2.75, 3.05) is 0 Å². The number of esters is 1. The van der Waals surface area contributed by atoms with Gasteiger partial charge < -0.3 is 4.74 Å². The Bertz CT molecular complexity index is 859. The fourth-order valence-electron chi connectivity index (χ4n) is 5.49. The molecule has 34 heavy (non-hydrogen) atoms. The summed E-state index contributed by atoms with van der Waals surface area (Å²) in [5.41, 5.74) is 5.30. The Morgan fingerprint density at radius 1 is 0.824 bits per heavy atom. The maximum absolute atomic E-state index is 12.1. The molecule has 0 amide bonds. The molecule has 0 atom stereocenters. The standard InChI is InChI=1S/C32H46O2/c1-4-6-8-9-11-13-32(33)34-30-21-18-28(19-22-30)31-23-20-29(24-25(31)3)27-16-14-26(15-17-27)12-10-7-5-2/h18-24,26-27H,4-17H2,1-3H3. The third kappa shape index (κ3) is 8.29. The van der Waals surface area contributed by atoms with Crippen LogP contribution in [0, 0.1) is 12.8 Å². The summed E-state index contributed by atoms with van der Waals surface area (Å²) >= 11 is 0. The van der Waals surface area contributed by atoms with E-state index >= 15 is 0 Å². The van der Waals surface area contributed by atoms with E-state index in [1.807, 2.05) is 12.1 Å². The summed E-state index contributed by atoms with van der Waals surface area (Å²) < 4.78 is 5.54. The van der Waals surface area contributed by atoms with Gasteiger partial charge in [-0.05, 0) is 85.3 Å². The lowest BCUT2D eigenvalue weighted by Crippen LogP contribution is -2.13. The van der Waals surface area contributed by atoms with Crippen LogP contribution in [0.25, 0.3) is 11.1 Å². The molecule has 0 bridgehead atoms. The first-order chi connectivity index (χ1) is 16.6. The van der Waals surface area contributed by atoms with Gasteiger partial charge in [0.1, 0.15) is 5.75 Å². The van der Waals surface area contributed by atoms with Crippen LogP contribution in [-0.4, -0.2) is 5.97 Å². The van der Waals surface area contributed by atoms with Gasteiger partial charge in [-0.2, -0.15) is 0 Å². The first-order valence-electron chi connectivity index (χ1n) is 14.0. The molecule has 1 aliphatic rings. The number of carbonyl (C=O) groups excluding carboxylic acids is 1. The highest BCUT2D eigenvalue weighted by Crippen LogP contribution is 2.39. The molecule has 0 heterocycles. The minimum absolute atomic E-state index is 0.120. The molecule has 0 aliphatic heterocycles. The predicted molar refractivity (Wildman–Crippen MR) is 144 cm³/mol. The smallest absolute Gasteiger partial charge is 0.311 e. The van der Waals surface area contributed by atoms with E-state index in [9.17, 15) is 4.79 Å². The molecule has 0 saturated heterocycles. The Balaban J connectivity index is 1.50. The maximum atomic E-state index is 12.1. The SMILES string of the molecule is CCCCCCCC(=O)Oc1ccc(-c2ccc(C3CCC(CCCCC)CC3)cc2C)cc1. The second-order valence-electron chi connectivity index (χ2n) is 10.5. The summed E-state index contributed by atoms with van der Waals surface area (Å²) in [5, 5.41) is 0. The zero-order chi connectivity index (χ0) is 24.2. The van der Waals surface area contributed by atoms with Gasteiger partial charge in [-0.15, -0.1) is 0 Å². The Morgan fingerprint density at radius 3 is 2.18 bits per heavy atom. The second kappa shape index (κ2) is 14.3. The molecule has 2 nitrogen and oxygen atoms in total. The highest BCUT2D eigenvalue weighted by molar-refractivity contribution is 5.73. The number of benzene rings is 2. The van der Waals surface area contributed by atoms with Crippen molar-refractivity contribution in [3.8, 4) is 16.9 Å². The van der Waals surface area contributed by atoms with Crippen molar-refractivity contribution in [3.05, 3.63) is 53.6 Å². The van der Waals surface area contributed by atoms with Crippen molar-refractivity contribution in [1.29, 1.82) is 0 Å². The topological polar surface area (TPSA) is 26.3 Å². The molecule has 0 N–H and O–H groups in total. The van der Waals surface area contributed by atoms with E-state index in [-0.39, 0.29) is 5.97 Å². The van der Waals surface area contributed by atoms with Crippen LogP contribution < -0.4 is 4.74 Å². The third-order valence-corrected chi connectivity index (χ3v) is 7.67. The minimum atomic E-state index is -0.120. The zero-order valence-electron chi connectivity index (χ0n) is 21.9. The van der Waals surface area contributed by atoms with Gasteiger partial charge >= 0.3 is 5.97 Å². The van der Waals surface area contributed by atoms with E-state index in [0.717, 1.165) is 24.7 Å². The summed E-state index contributed by atoms with van der Waals surface area (Å²) in [6.45, 7) is 6.72. The van der Waals surface area contributed by atoms with Gasteiger partial charge in [0, 0.05) is 6.42 Å². The van der Waals surface area contributed by atoms with Crippen molar-refractivity contribution in [2.24, 2.45) is 5.92 Å². The van der Waals surface area contributed by atoms with Crippen molar-refractivity contribution in [2.45, 2.75) is 117 Å². The van der Waals surface area contributed by atoms with Crippen LogP contribution in [0.2, 0.25) is 0 Å². The average Bonchev–Trinajstić information content (AvgIpc) is 2.85. The molecule has 2 heteroatoms. The van der Waals surface area contributed by atoms with Crippen molar-refractivity contribution >= 4 is 5.97 Å². The van der Waals surface area contributed by atoms with Crippen molar-refractivity contribution in [3.63, 3.8) is 0 Å². The van der Waals surface area contributed by atoms with Crippen LogP contribution in [-0.2, 0) is 4.79 Å². The Kier molecular flexibility index (Phi) is 11.2. The van der Waals surface area contributed by atoms with Gasteiger partial charge in [-0.25, -0.2) is 0 Å². The van der Waals surface area contributed by atoms with E-state index in [1.54, 1.807) is 0 Å². The highest BCUT2D eigenvalue weighted by atomic mass is 16.5. The molecule has 0 radical (unpaired) electrons. The normalized spacial score (nSPS) is 18.1. The molecular weight excluding hydrogens is 416 g/mol. The molecule has 186 valence electrons. The van der Waals surface area contributed by atoms with Gasteiger partial charge in [0.05, 0.1) is 0 Å². The molecule has 3 rings (SSSR count). The Morgan fingerprint density at radius 2 is 1.50 bits per heavy atom.